The first-order chi connectivity index (χ1) is 12.4. The van der Waals surface area contributed by atoms with Crippen LogP contribution in [0.3, 0.4) is 0 Å². The Balaban J connectivity index is 2.12. The molecule has 2 aromatic carbocycles. The minimum Gasteiger partial charge on any atom is -0.348 e. The van der Waals surface area contributed by atoms with Crippen molar-refractivity contribution in [2.45, 2.75) is 46.2 Å². The van der Waals surface area contributed by atoms with Crippen LogP contribution in [0.25, 0.3) is 0 Å². The zero-order valence-electron chi connectivity index (χ0n) is 16.0. The first kappa shape index (κ1) is 19.7. The van der Waals surface area contributed by atoms with E-state index in [-0.39, 0.29) is 23.8 Å². The number of hydrogen-bond acceptors (Lipinski definition) is 2. The monoisotopic (exact) mass is 352 g/mol. The molecule has 4 heteroatoms. The average molecular weight is 352 g/mol. The Morgan fingerprint density at radius 2 is 1.54 bits per heavy atom. The molecule has 3 atom stereocenters. The minimum atomic E-state index is -0.570. The molecule has 0 saturated carbocycles. The summed E-state index contributed by atoms with van der Waals surface area (Å²) in [5.74, 6) is -0.347. The standard InChI is InChI=1S/C22H28N2O2/c1-5-15(2)20(24-21(25)18-12-7-6-8-13-18)22(26)23-17(4)19-14-10-9-11-16(19)3/h6-15,17,20H,5H2,1-4H3,(H,23,26)(H,24,25). The Morgan fingerprint density at radius 1 is 0.923 bits per heavy atom. The van der Waals surface area contributed by atoms with Crippen LogP contribution in [0.4, 0.5) is 0 Å². The summed E-state index contributed by atoms with van der Waals surface area (Å²) in [7, 11) is 0. The van der Waals surface area contributed by atoms with Crippen LogP contribution in [0.5, 0.6) is 0 Å². The lowest BCUT2D eigenvalue weighted by atomic mass is 9.96. The summed E-state index contributed by atoms with van der Waals surface area (Å²) in [5.41, 5.74) is 2.77. The molecule has 2 N–H and O–H groups in total. The van der Waals surface area contributed by atoms with Crippen LogP contribution in [0, 0.1) is 12.8 Å². The number of aryl methyl sites for hydroxylation is 1. The van der Waals surface area contributed by atoms with Gasteiger partial charge in [0.1, 0.15) is 6.04 Å². The Hall–Kier alpha value is -2.62. The molecule has 0 bridgehead atoms. The maximum atomic E-state index is 12.9. The quantitative estimate of drug-likeness (QED) is 0.791. The van der Waals surface area contributed by atoms with Crippen molar-refractivity contribution in [2.24, 2.45) is 5.92 Å². The third-order valence-corrected chi connectivity index (χ3v) is 4.83. The van der Waals surface area contributed by atoms with Gasteiger partial charge in [-0.25, -0.2) is 0 Å². The molecule has 2 amide bonds. The van der Waals surface area contributed by atoms with Crippen LogP contribution in [0.1, 0.15) is 54.7 Å². The van der Waals surface area contributed by atoms with Gasteiger partial charge in [0, 0.05) is 5.56 Å². The summed E-state index contributed by atoms with van der Waals surface area (Å²) >= 11 is 0. The average Bonchev–Trinajstić information content (AvgIpc) is 2.66. The maximum Gasteiger partial charge on any atom is 0.251 e. The fraction of sp³-hybridized carbons (Fsp3) is 0.364. The molecule has 2 rings (SSSR count). The van der Waals surface area contributed by atoms with Crippen LogP contribution in [-0.4, -0.2) is 17.9 Å². The van der Waals surface area contributed by atoms with E-state index in [0.29, 0.717) is 5.56 Å². The second-order valence-electron chi connectivity index (χ2n) is 6.79. The Bertz CT molecular complexity index is 743. The van der Waals surface area contributed by atoms with Gasteiger partial charge in [-0.05, 0) is 43.0 Å². The van der Waals surface area contributed by atoms with E-state index < -0.39 is 6.04 Å². The van der Waals surface area contributed by atoms with E-state index in [9.17, 15) is 9.59 Å². The highest BCUT2D eigenvalue weighted by Crippen LogP contribution is 2.18. The van der Waals surface area contributed by atoms with Gasteiger partial charge < -0.3 is 10.6 Å². The molecule has 3 unspecified atom stereocenters. The van der Waals surface area contributed by atoms with Gasteiger partial charge in [-0.15, -0.1) is 0 Å². The van der Waals surface area contributed by atoms with Crippen molar-refractivity contribution in [3.8, 4) is 0 Å². The molecule has 0 fully saturated rings. The van der Waals surface area contributed by atoms with Crippen molar-refractivity contribution in [1.29, 1.82) is 0 Å². The van der Waals surface area contributed by atoms with Gasteiger partial charge in [-0.3, -0.25) is 9.59 Å². The van der Waals surface area contributed by atoms with Crippen molar-refractivity contribution in [3.05, 3.63) is 71.3 Å². The van der Waals surface area contributed by atoms with Crippen LogP contribution in [-0.2, 0) is 4.79 Å². The maximum absolute atomic E-state index is 12.9. The van der Waals surface area contributed by atoms with Crippen LogP contribution < -0.4 is 10.6 Å². The molecule has 4 nitrogen and oxygen atoms in total. The van der Waals surface area contributed by atoms with E-state index in [0.717, 1.165) is 17.5 Å². The van der Waals surface area contributed by atoms with E-state index in [1.165, 1.54) is 0 Å². The van der Waals surface area contributed by atoms with E-state index in [4.69, 9.17) is 0 Å². The number of carbonyl (C=O) groups is 2. The number of rotatable bonds is 7. The lowest BCUT2D eigenvalue weighted by Gasteiger charge is -2.26. The molecule has 2 aromatic rings. The van der Waals surface area contributed by atoms with Crippen molar-refractivity contribution in [1.82, 2.24) is 10.6 Å². The van der Waals surface area contributed by atoms with Crippen LogP contribution >= 0.6 is 0 Å². The van der Waals surface area contributed by atoms with Crippen LogP contribution in [0.15, 0.2) is 54.6 Å². The van der Waals surface area contributed by atoms with Gasteiger partial charge in [-0.2, -0.15) is 0 Å². The lowest BCUT2D eigenvalue weighted by Crippen LogP contribution is -2.50. The van der Waals surface area contributed by atoms with E-state index in [1.54, 1.807) is 12.1 Å². The highest BCUT2D eigenvalue weighted by atomic mass is 16.2. The molecule has 0 aliphatic carbocycles. The fourth-order valence-electron chi connectivity index (χ4n) is 2.97. The first-order valence-corrected chi connectivity index (χ1v) is 9.15. The van der Waals surface area contributed by atoms with Crippen LogP contribution in [0.2, 0.25) is 0 Å². The molecule has 0 heterocycles. The minimum absolute atomic E-state index is 0.0340. The van der Waals surface area contributed by atoms with Crippen molar-refractivity contribution in [2.75, 3.05) is 0 Å². The largest absolute Gasteiger partial charge is 0.348 e. The van der Waals surface area contributed by atoms with E-state index in [2.05, 4.69) is 10.6 Å². The SMILES string of the molecule is CCC(C)C(NC(=O)c1ccccc1)C(=O)NC(C)c1ccccc1C. The van der Waals surface area contributed by atoms with E-state index in [1.807, 2.05) is 70.2 Å². The summed E-state index contributed by atoms with van der Waals surface area (Å²) in [6.07, 6.45) is 0.798. The summed E-state index contributed by atoms with van der Waals surface area (Å²) in [6.45, 7) is 7.99. The van der Waals surface area contributed by atoms with Gasteiger partial charge >= 0.3 is 0 Å². The number of hydrogen-bond donors (Lipinski definition) is 2. The normalized spacial score (nSPS) is 14.2. The van der Waals surface area contributed by atoms with Crippen molar-refractivity contribution >= 4 is 11.8 Å². The summed E-state index contributed by atoms with van der Waals surface area (Å²) < 4.78 is 0. The molecule has 0 aliphatic rings. The number of amides is 2. The molecule has 26 heavy (non-hydrogen) atoms. The zero-order valence-corrected chi connectivity index (χ0v) is 16.0. The van der Waals surface area contributed by atoms with Gasteiger partial charge in [0.05, 0.1) is 6.04 Å². The number of nitrogens with one attached hydrogen (secondary N) is 2. The summed E-state index contributed by atoms with van der Waals surface area (Å²) in [6, 6.07) is 16.3. The highest BCUT2D eigenvalue weighted by Gasteiger charge is 2.27. The summed E-state index contributed by atoms with van der Waals surface area (Å²) in [4.78, 5) is 25.4. The third-order valence-electron chi connectivity index (χ3n) is 4.83. The van der Waals surface area contributed by atoms with E-state index >= 15 is 0 Å². The first-order valence-electron chi connectivity index (χ1n) is 9.15. The van der Waals surface area contributed by atoms with Crippen molar-refractivity contribution < 1.29 is 9.59 Å². The number of benzene rings is 2. The molecule has 0 saturated heterocycles. The predicted octanol–water partition coefficient (Wildman–Crippen LogP) is 4.02. The van der Waals surface area contributed by atoms with Gasteiger partial charge in [0.25, 0.3) is 5.91 Å². The Labute approximate surface area is 156 Å². The summed E-state index contributed by atoms with van der Waals surface area (Å²) in [5, 5.41) is 5.96. The molecular weight excluding hydrogens is 324 g/mol. The second-order valence-corrected chi connectivity index (χ2v) is 6.79. The second kappa shape index (κ2) is 9.18. The topological polar surface area (TPSA) is 58.2 Å². The van der Waals surface area contributed by atoms with Gasteiger partial charge in [-0.1, -0.05) is 62.7 Å². The fourth-order valence-corrected chi connectivity index (χ4v) is 2.97. The molecule has 0 aliphatic heterocycles. The lowest BCUT2D eigenvalue weighted by molar-refractivity contribution is -0.124. The molecule has 0 radical (unpaired) electrons. The molecule has 138 valence electrons. The molecular formula is C22H28N2O2. The zero-order chi connectivity index (χ0) is 19.1. The highest BCUT2D eigenvalue weighted by molar-refractivity contribution is 5.97. The number of carbonyl (C=O) groups excluding carboxylic acids is 2. The smallest absolute Gasteiger partial charge is 0.251 e. The van der Waals surface area contributed by atoms with Gasteiger partial charge in [0.15, 0.2) is 0 Å². The molecule has 0 aromatic heterocycles. The van der Waals surface area contributed by atoms with Crippen molar-refractivity contribution in [3.63, 3.8) is 0 Å². The Kier molecular flexibility index (Phi) is 6.96. The van der Waals surface area contributed by atoms with Gasteiger partial charge in [0.2, 0.25) is 5.91 Å². The third kappa shape index (κ3) is 4.94. The predicted molar refractivity (Wildman–Crippen MR) is 105 cm³/mol. The molecule has 0 spiro atoms. The Morgan fingerprint density at radius 3 is 2.15 bits per heavy atom.